The molecular formula is C19H24N6O2S. The Morgan fingerprint density at radius 2 is 2.07 bits per heavy atom. The number of anilines is 2. The second kappa shape index (κ2) is 7.20. The third-order valence-corrected chi connectivity index (χ3v) is 6.88. The number of carbonyl (C=O) groups excluding carboxylic acids is 2. The molecule has 1 atom stereocenters. The zero-order chi connectivity index (χ0) is 19.1. The maximum absolute atomic E-state index is 13.0. The second-order valence-corrected chi connectivity index (χ2v) is 9.14. The van der Waals surface area contributed by atoms with Crippen molar-refractivity contribution in [2.45, 2.75) is 51.0 Å². The molecule has 28 heavy (non-hydrogen) atoms. The van der Waals surface area contributed by atoms with Crippen LogP contribution in [0.2, 0.25) is 0 Å². The summed E-state index contributed by atoms with van der Waals surface area (Å²) in [7, 11) is 0. The van der Waals surface area contributed by atoms with E-state index in [-0.39, 0.29) is 23.8 Å². The van der Waals surface area contributed by atoms with Crippen LogP contribution in [0.1, 0.15) is 52.9 Å². The Morgan fingerprint density at radius 3 is 2.79 bits per heavy atom. The van der Waals surface area contributed by atoms with E-state index in [4.69, 9.17) is 0 Å². The normalized spacial score (nSPS) is 21.1. The first-order valence-corrected chi connectivity index (χ1v) is 10.8. The minimum Gasteiger partial charge on any atom is -0.352 e. The molecule has 0 aromatic carbocycles. The van der Waals surface area contributed by atoms with E-state index in [0.717, 1.165) is 44.2 Å². The van der Waals surface area contributed by atoms with Crippen molar-refractivity contribution in [3.05, 3.63) is 22.3 Å². The van der Waals surface area contributed by atoms with Crippen LogP contribution in [0.4, 0.5) is 10.9 Å². The fraction of sp³-hybridized carbons (Fsp3) is 0.579. The smallest absolute Gasteiger partial charge is 0.254 e. The number of carbonyl (C=O) groups is 2. The fourth-order valence-electron chi connectivity index (χ4n) is 3.70. The minimum absolute atomic E-state index is 0.0465. The monoisotopic (exact) mass is 400 g/mol. The van der Waals surface area contributed by atoms with Crippen LogP contribution in [-0.4, -0.2) is 39.6 Å². The molecule has 0 radical (unpaired) electrons. The number of hydrogen-bond donors (Lipinski definition) is 4. The van der Waals surface area contributed by atoms with E-state index in [2.05, 4.69) is 31.1 Å². The van der Waals surface area contributed by atoms with Gasteiger partial charge in [-0.2, -0.15) is 0 Å². The molecule has 0 saturated heterocycles. The fourth-order valence-corrected chi connectivity index (χ4v) is 4.95. The predicted molar refractivity (Wildman–Crippen MR) is 107 cm³/mol. The zero-order valence-corrected chi connectivity index (χ0v) is 16.4. The lowest BCUT2D eigenvalue weighted by molar-refractivity contribution is -0.117. The van der Waals surface area contributed by atoms with E-state index in [1.807, 2.05) is 0 Å². The summed E-state index contributed by atoms with van der Waals surface area (Å²) < 4.78 is 0. The van der Waals surface area contributed by atoms with Crippen molar-refractivity contribution in [3.63, 3.8) is 0 Å². The van der Waals surface area contributed by atoms with Crippen molar-refractivity contribution < 1.29 is 9.59 Å². The Bertz CT molecular complexity index is 885. The first-order valence-electron chi connectivity index (χ1n) is 10.0. The number of nitrogens with one attached hydrogen (secondary N) is 4. The molecule has 2 saturated carbocycles. The standard InChI is InChI=1S/C19H24N6O2S/c26-16(11-3-4-11)24-18-15(17(27)20-8-10-1-2-10)13-7-12(5-6-14(13)28-18)23-19-21-9-22-25-19/h9-12H,1-8H2,(H,20,27)(H,24,26)(H2,21,22,23,25). The van der Waals surface area contributed by atoms with Gasteiger partial charge in [-0.15, -0.1) is 16.4 Å². The third kappa shape index (κ3) is 3.76. The molecule has 148 valence electrons. The van der Waals surface area contributed by atoms with E-state index < -0.39 is 0 Å². The van der Waals surface area contributed by atoms with Gasteiger partial charge in [-0.1, -0.05) is 0 Å². The number of H-pyrrole nitrogens is 1. The lowest BCUT2D eigenvalue weighted by atomic mass is 9.91. The van der Waals surface area contributed by atoms with E-state index in [9.17, 15) is 9.59 Å². The highest BCUT2D eigenvalue weighted by atomic mass is 32.1. The Hall–Kier alpha value is -2.42. The van der Waals surface area contributed by atoms with Crippen molar-refractivity contribution in [1.29, 1.82) is 0 Å². The lowest BCUT2D eigenvalue weighted by Gasteiger charge is -2.23. The molecule has 9 heteroatoms. The zero-order valence-electron chi connectivity index (χ0n) is 15.6. The Balaban J connectivity index is 1.39. The summed E-state index contributed by atoms with van der Waals surface area (Å²) in [6.07, 6.45) is 8.37. The predicted octanol–water partition coefficient (Wildman–Crippen LogP) is 2.32. The quantitative estimate of drug-likeness (QED) is 0.570. The van der Waals surface area contributed by atoms with Gasteiger partial charge in [-0.25, -0.2) is 4.98 Å². The van der Waals surface area contributed by atoms with Gasteiger partial charge in [-0.05, 0) is 56.4 Å². The van der Waals surface area contributed by atoms with Crippen LogP contribution in [0, 0.1) is 11.8 Å². The molecule has 3 aliphatic rings. The molecule has 0 spiro atoms. The van der Waals surface area contributed by atoms with Crippen LogP contribution in [0.3, 0.4) is 0 Å². The molecule has 2 heterocycles. The van der Waals surface area contributed by atoms with Crippen molar-refractivity contribution in [2.75, 3.05) is 17.2 Å². The van der Waals surface area contributed by atoms with Gasteiger partial charge in [0, 0.05) is 23.4 Å². The van der Waals surface area contributed by atoms with Crippen LogP contribution in [0.5, 0.6) is 0 Å². The van der Waals surface area contributed by atoms with Gasteiger partial charge in [0.05, 0.1) is 5.56 Å². The summed E-state index contributed by atoms with van der Waals surface area (Å²) in [6.45, 7) is 0.721. The van der Waals surface area contributed by atoms with Crippen molar-refractivity contribution in [1.82, 2.24) is 20.5 Å². The Kier molecular flexibility index (Phi) is 4.54. The third-order valence-electron chi connectivity index (χ3n) is 5.67. The molecule has 2 fully saturated rings. The topological polar surface area (TPSA) is 112 Å². The lowest BCUT2D eigenvalue weighted by Crippen LogP contribution is -2.31. The van der Waals surface area contributed by atoms with Crippen molar-refractivity contribution >= 4 is 34.1 Å². The van der Waals surface area contributed by atoms with Crippen LogP contribution in [0.15, 0.2) is 6.33 Å². The minimum atomic E-state index is -0.0611. The molecule has 8 nitrogen and oxygen atoms in total. The molecule has 2 aromatic heterocycles. The first-order chi connectivity index (χ1) is 13.7. The molecule has 2 aromatic rings. The number of nitrogens with zero attached hydrogens (tertiary/aromatic N) is 2. The number of amides is 2. The highest BCUT2D eigenvalue weighted by Crippen LogP contribution is 2.40. The summed E-state index contributed by atoms with van der Waals surface area (Å²) in [5, 5.41) is 17.0. The van der Waals surface area contributed by atoms with Gasteiger partial charge in [0.2, 0.25) is 11.9 Å². The van der Waals surface area contributed by atoms with Crippen molar-refractivity contribution in [2.24, 2.45) is 11.8 Å². The SMILES string of the molecule is O=C(NCC1CC1)c1c(NC(=O)C2CC2)sc2c1CC(Nc1nc[nH]n1)CC2. The van der Waals surface area contributed by atoms with Crippen molar-refractivity contribution in [3.8, 4) is 0 Å². The Morgan fingerprint density at radius 1 is 1.21 bits per heavy atom. The average Bonchev–Trinajstić information content (AvgIpc) is 3.61. The maximum atomic E-state index is 13.0. The first kappa shape index (κ1) is 17.7. The molecule has 2 amide bonds. The Labute approximate surface area is 166 Å². The largest absolute Gasteiger partial charge is 0.352 e. The number of hydrogen-bond acceptors (Lipinski definition) is 6. The molecule has 3 aliphatic carbocycles. The number of rotatable bonds is 7. The summed E-state index contributed by atoms with van der Waals surface area (Å²) >= 11 is 1.57. The van der Waals surface area contributed by atoms with E-state index >= 15 is 0 Å². The molecule has 1 unspecified atom stereocenters. The van der Waals surface area contributed by atoms with E-state index in [0.29, 0.717) is 22.4 Å². The van der Waals surface area contributed by atoms with Gasteiger partial charge >= 0.3 is 0 Å². The van der Waals surface area contributed by atoms with Crippen LogP contribution in [-0.2, 0) is 17.6 Å². The highest BCUT2D eigenvalue weighted by molar-refractivity contribution is 7.17. The number of aryl methyl sites for hydroxylation is 1. The summed E-state index contributed by atoms with van der Waals surface area (Å²) in [6, 6.07) is 0.167. The molecule has 0 bridgehead atoms. The summed E-state index contributed by atoms with van der Waals surface area (Å²) in [4.78, 5) is 30.7. The van der Waals surface area contributed by atoms with E-state index in [1.54, 1.807) is 17.7 Å². The average molecular weight is 401 g/mol. The molecule has 5 rings (SSSR count). The number of thiophene rings is 1. The summed E-state index contributed by atoms with van der Waals surface area (Å²) in [5.41, 5.74) is 1.72. The van der Waals surface area contributed by atoms with Gasteiger partial charge in [-0.3, -0.25) is 14.7 Å². The number of aromatic nitrogens is 3. The molecule has 4 N–H and O–H groups in total. The molecular weight excluding hydrogens is 376 g/mol. The van der Waals surface area contributed by atoms with Gasteiger partial charge in [0.15, 0.2) is 0 Å². The van der Waals surface area contributed by atoms with E-state index in [1.165, 1.54) is 17.7 Å². The maximum Gasteiger partial charge on any atom is 0.254 e. The number of aromatic amines is 1. The summed E-state index contributed by atoms with van der Waals surface area (Å²) in [5.74, 6) is 1.29. The van der Waals surface area contributed by atoms with Gasteiger partial charge in [0.1, 0.15) is 11.3 Å². The van der Waals surface area contributed by atoms with Gasteiger partial charge < -0.3 is 16.0 Å². The van der Waals surface area contributed by atoms with Crippen LogP contribution < -0.4 is 16.0 Å². The van der Waals surface area contributed by atoms with Crippen LogP contribution >= 0.6 is 11.3 Å². The number of fused-ring (bicyclic) bond motifs is 1. The van der Waals surface area contributed by atoms with Gasteiger partial charge in [0.25, 0.3) is 5.91 Å². The highest BCUT2D eigenvalue weighted by Gasteiger charge is 2.34. The van der Waals surface area contributed by atoms with Crippen LogP contribution in [0.25, 0.3) is 0 Å². The second-order valence-electron chi connectivity index (χ2n) is 8.03. The molecule has 0 aliphatic heterocycles.